The second-order valence-corrected chi connectivity index (χ2v) is 5.19. The van der Waals surface area contributed by atoms with Crippen molar-refractivity contribution in [3.8, 4) is 0 Å². The Kier molecular flexibility index (Phi) is 4.76. The van der Waals surface area contributed by atoms with Crippen LogP contribution in [0.25, 0.3) is 0 Å². The minimum Gasteiger partial charge on any atom is -0.367 e. The zero-order chi connectivity index (χ0) is 14.5. The number of nitrogens with zero attached hydrogens (tertiary/aromatic N) is 4. The SMILES string of the molecule is CCC(C)Nc1ccnc(N2CCN(C(C)=O)CC2)n1. The van der Waals surface area contributed by atoms with Crippen LogP contribution in [0.1, 0.15) is 27.2 Å². The van der Waals surface area contributed by atoms with E-state index in [0.29, 0.717) is 6.04 Å². The lowest BCUT2D eigenvalue weighted by atomic mass is 10.2. The fraction of sp³-hybridized carbons (Fsp3) is 0.643. The Hall–Kier alpha value is -1.85. The van der Waals surface area contributed by atoms with Gasteiger partial charge in [-0.15, -0.1) is 0 Å². The van der Waals surface area contributed by atoms with Gasteiger partial charge in [0.1, 0.15) is 5.82 Å². The molecule has 0 aromatic carbocycles. The first kappa shape index (κ1) is 14.6. The average Bonchev–Trinajstić information content (AvgIpc) is 2.47. The van der Waals surface area contributed by atoms with Crippen molar-refractivity contribution in [1.82, 2.24) is 14.9 Å². The molecule has 20 heavy (non-hydrogen) atoms. The van der Waals surface area contributed by atoms with Crippen LogP contribution in [-0.2, 0) is 4.79 Å². The van der Waals surface area contributed by atoms with Crippen LogP contribution in [0.15, 0.2) is 12.3 Å². The van der Waals surface area contributed by atoms with E-state index in [2.05, 4.69) is 34.0 Å². The molecule has 0 radical (unpaired) electrons. The van der Waals surface area contributed by atoms with Crippen LogP contribution in [0.4, 0.5) is 11.8 Å². The lowest BCUT2D eigenvalue weighted by Gasteiger charge is -2.34. The second kappa shape index (κ2) is 6.54. The maximum absolute atomic E-state index is 11.3. The number of nitrogens with one attached hydrogen (secondary N) is 1. The fourth-order valence-corrected chi connectivity index (χ4v) is 2.16. The molecule has 1 aromatic heterocycles. The number of hydrogen-bond acceptors (Lipinski definition) is 5. The minimum atomic E-state index is 0.137. The monoisotopic (exact) mass is 277 g/mol. The van der Waals surface area contributed by atoms with E-state index < -0.39 is 0 Å². The molecule has 6 heteroatoms. The number of aromatic nitrogens is 2. The van der Waals surface area contributed by atoms with Gasteiger partial charge in [0.15, 0.2) is 0 Å². The van der Waals surface area contributed by atoms with Crippen molar-refractivity contribution in [3.05, 3.63) is 12.3 Å². The molecule has 1 atom stereocenters. The molecule has 1 saturated heterocycles. The summed E-state index contributed by atoms with van der Waals surface area (Å²) in [5.74, 6) is 1.73. The summed E-state index contributed by atoms with van der Waals surface area (Å²) in [4.78, 5) is 24.2. The summed E-state index contributed by atoms with van der Waals surface area (Å²) >= 11 is 0. The summed E-state index contributed by atoms with van der Waals surface area (Å²) in [5.41, 5.74) is 0. The highest BCUT2D eigenvalue weighted by Gasteiger charge is 2.20. The minimum absolute atomic E-state index is 0.137. The van der Waals surface area contributed by atoms with Crippen molar-refractivity contribution in [2.24, 2.45) is 0 Å². The molecule has 0 spiro atoms. The molecule has 2 rings (SSSR count). The lowest BCUT2D eigenvalue weighted by molar-refractivity contribution is -0.129. The second-order valence-electron chi connectivity index (χ2n) is 5.19. The topological polar surface area (TPSA) is 61.4 Å². The summed E-state index contributed by atoms with van der Waals surface area (Å²) in [5, 5.41) is 3.36. The Balaban J connectivity index is 1.99. The molecule has 1 aliphatic rings. The Bertz CT molecular complexity index is 457. The van der Waals surface area contributed by atoms with E-state index in [-0.39, 0.29) is 5.91 Å². The molecule has 0 saturated carbocycles. The third-order valence-corrected chi connectivity index (χ3v) is 3.66. The van der Waals surface area contributed by atoms with Gasteiger partial charge in [0, 0.05) is 45.3 Å². The molecular formula is C14H23N5O. The van der Waals surface area contributed by atoms with Crippen LogP contribution in [0.2, 0.25) is 0 Å². The van der Waals surface area contributed by atoms with Crippen molar-refractivity contribution in [2.45, 2.75) is 33.2 Å². The number of carbonyl (C=O) groups is 1. The number of amides is 1. The third-order valence-electron chi connectivity index (χ3n) is 3.66. The standard InChI is InChI=1S/C14H23N5O/c1-4-11(2)16-13-5-6-15-14(17-13)19-9-7-18(8-10-19)12(3)20/h5-6,11H,4,7-10H2,1-3H3,(H,15,16,17). The zero-order valence-electron chi connectivity index (χ0n) is 12.5. The van der Waals surface area contributed by atoms with Crippen LogP contribution >= 0.6 is 0 Å². The van der Waals surface area contributed by atoms with Crippen molar-refractivity contribution in [2.75, 3.05) is 36.4 Å². The average molecular weight is 277 g/mol. The molecule has 1 aromatic rings. The molecule has 6 nitrogen and oxygen atoms in total. The predicted molar refractivity (Wildman–Crippen MR) is 79.9 cm³/mol. The fourth-order valence-electron chi connectivity index (χ4n) is 2.16. The third kappa shape index (κ3) is 3.59. The highest BCUT2D eigenvalue weighted by atomic mass is 16.2. The number of piperazine rings is 1. The Morgan fingerprint density at radius 1 is 1.40 bits per heavy atom. The number of anilines is 2. The van der Waals surface area contributed by atoms with Gasteiger partial charge in [0.25, 0.3) is 0 Å². The normalized spacial score (nSPS) is 16.9. The van der Waals surface area contributed by atoms with Gasteiger partial charge in [-0.05, 0) is 19.4 Å². The molecule has 0 bridgehead atoms. The van der Waals surface area contributed by atoms with Crippen LogP contribution in [-0.4, -0.2) is 53.0 Å². The number of carbonyl (C=O) groups excluding carboxylic acids is 1. The quantitative estimate of drug-likeness (QED) is 0.900. The summed E-state index contributed by atoms with van der Waals surface area (Å²) in [7, 11) is 0. The van der Waals surface area contributed by atoms with Gasteiger partial charge in [-0.3, -0.25) is 4.79 Å². The lowest BCUT2D eigenvalue weighted by Crippen LogP contribution is -2.48. The summed E-state index contributed by atoms with van der Waals surface area (Å²) < 4.78 is 0. The van der Waals surface area contributed by atoms with E-state index in [0.717, 1.165) is 44.4 Å². The molecule has 1 amide bonds. The van der Waals surface area contributed by atoms with E-state index in [1.54, 1.807) is 13.1 Å². The van der Waals surface area contributed by atoms with Crippen molar-refractivity contribution in [3.63, 3.8) is 0 Å². The molecule has 2 heterocycles. The zero-order valence-corrected chi connectivity index (χ0v) is 12.5. The van der Waals surface area contributed by atoms with Gasteiger partial charge in [-0.1, -0.05) is 6.92 Å². The molecule has 110 valence electrons. The van der Waals surface area contributed by atoms with Crippen LogP contribution < -0.4 is 10.2 Å². The number of hydrogen-bond donors (Lipinski definition) is 1. The van der Waals surface area contributed by atoms with Gasteiger partial charge in [0.05, 0.1) is 0 Å². The molecule has 1 fully saturated rings. The summed E-state index contributed by atoms with van der Waals surface area (Å²) in [6.07, 6.45) is 2.83. The predicted octanol–water partition coefficient (Wildman–Crippen LogP) is 1.36. The van der Waals surface area contributed by atoms with E-state index in [9.17, 15) is 4.79 Å². The smallest absolute Gasteiger partial charge is 0.227 e. The highest BCUT2D eigenvalue weighted by Crippen LogP contribution is 2.14. The maximum atomic E-state index is 11.3. The van der Waals surface area contributed by atoms with E-state index in [4.69, 9.17) is 0 Å². The molecule has 1 aliphatic heterocycles. The first-order valence-corrected chi connectivity index (χ1v) is 7.20. The Morgan fingerprint density at radius 2 is 2.10 bits per heavy atom. The van der Waals surface area contributed by atoms with Crippen LogP contribution in [0.3, 0.4) is 0 Å². The van der Waals surface area contributed by atoms with Gasteiger partial charge < -0.3 is 15.1 Å². The maximum Gasteiger partial charge on any atom is 0.227 e. The molecular weight excluding hydrogens is 254 g/mol. The van der Waals surface area contributed by atoms with Crippen molar-refractivity contribution < 1.29 is 4.79 Å². The Labute approximate surface area is 120 Å². The molecule has 1 unspecified atom stereocenters. The summed E-state index contributed by atoms with van der Waals surface area (Å²) in [6, 6.07) is 2.29. The van der Waals surface area contributed by atoms with Gasteiger partial charge in [-0.2, -0.15) is 4.98 Å². The van der Waals surface area contributed by atoms with E-state index in [1.807, 2.05) is 11.0 Å². The van der Waals surface area contributed by atoms with Crippen LogP contribution in [0, 0.1) is 0 Å². The summed E-state index contributed by atoms with van der Waals surface area (Å²) in [6.45, 7) is 8.93. The van der Waals surface area contributed by atoms with Gasteiger partial charge in [-0.25, -0.2) is 4.98 Å². The van der Waals surface area contributed by atoms with E-state index in [1.165, 1.54) is 0 Å². The van der Waals surface area contributed by atoms with Crippen molar-refractivity contribution >= 4 is 17.7 Å². The first-order valence-electron chi connectivity index (χ1n) is 7.20. The van der Waals surface area contributed by atoms with Gasteiger partial charge >= 0.3 is 0 Å². The number of rotatable bonds is 4. The first-order chi connectivity index (χ1) is 9.60. The van der Waals surface area contributed by atoms with Crippen molar-refractivity contribution in [1.29, 1.82) is 0 Å². The Morgan fingerprint density at radius 3 is 2.70 bits per heavy atom. The highest BCUT2D eigenvalue weighted by molar-refractivity contribution is 5.73. The largest absolute Gasteiger partial charge is 0.367 e. The van der Waals surface area contributed by atoms with E-state index >= 15 is 0 Å². The van der Waals surface area contributed by atoms with Crippen LogP contribution in [0.5, 0.6) is 0 Å². The molecule has 1 N–H and O–H groups in total. The molecule has 0 aliphatic carbocycles. The van der Waals surface area contributed by atoms with Gasteiger partial charge in [0.2, 0.25) is 11.9 Å².